The summed E-state index contributed by atoms with van der Waals surface area (Å²) in [5.41, 5.74) is 3.33. The lowest BCUT2D eigenvalue weighted by atomic mass is 9.46. The van der Waals surface area contributed by atoms with E-state index >= 15 is 0 Å². The summed E-state index contributed by atoms with van der Waals surface area (Å²) in [5, 5.41) is 10.4. The molecule has 3 saturated carbocycles. The predicted octanol–water partition coefficient (Wildman–Crippen LogP) is 4.52. The molecule has 0 spiro atoms. The molecule has 2 heteroatoms. The number of Topliss-reactive ketones (excluding diaryl/α,β-unsaturated/α-hetero) is 1. The molecule has 0 aromatic rings. The van der Waals surface area contributed by atoms with E-state index in [9.17, 15) is 9.90 Å². The van der Waals surface area contributed by atoms with Gasteiger partial charge in [0.25, 0.3) is 0 Å². The number of fused-ring (bicyclic) bond motifs is 5. The first-order valence-electron chi connectivity index (χ1n) is 9.68. The van der Waals surface area contributed by atoms with E-state index in [0.717, 1.165) is 38.0 Å². The molecule has 1 N–H and O–H groups in total. The molecule has 4 aliphatic rings. The molecule has 2 nitrogen and oxygen atoms in total. The van der Waals surface area contributed by atoms with Crippen molar-refractivity contribution in [2.45, 2.75) is 78.7 Å². The van der Waals surface area contributed by atoms with Gasteiger partial charge in [0.15, 0.2) is 0 Å². The lowest BCUT2D eigenvalue weighted by Crippen LogP contribution is -2.52. The van der Waals surface area contributed by atoms with Crippen LogP contribution in [0.2, 0.25) is 0 Å². The zero-order chi connectivity index (χ0) is 16.6. The summed E-state index contributed by atoms with van der Waals surface area (Å²) in [4.78, 5) is 12.5. The van der Waals surface area contributed by atoms with E-state index in [-0.39, 0.29) is 16.9 Å². The molecule has 0 aliphatic heterocycles. The van der Waals surface area contributed by atoms with Crippen molar-refractivity contribution in [3.63, 3.8) is 0 Å². The summed E-state index contributed by atoms with van der Waals surface area (Å²) >= 11 is 0. The molecule has 0 radical (unpaired) electrons. The summed E-state index contributed by atoms with van der Waals surface area (Å²) in [6, 6.07) is 0. The first kappa shape index (κ1) is 15.9. The van der Waals surface area contributed by atoms with Gasteiger partial charge in [-0.05, 0) is 74.5 Å². The molecule has 0 aromatic carbocycles. The van der Waals surface area contributed by atoms with Crippen LogP contribution in [0.25, 0.3) is 0 Å². The van der Waals surface area contributed by atoms with Gasteiger partial charge in [0.05, 0.1) is 6.10 Å². The standard InChI is InChI=1S/C21H32O2/c1-12-9-14-15-5-6-19(23)20(15,3)8-7-16(14)21(4)11-13(2)18(22)10-17(12)21/h13-16,18,22H,5-11H2,1-4H3/t13-,14+,15+,16+,18-,20+,21-/m1/s1. The topological polar surface area (TPSA) is 37.3 Å². The smallest absolute Gasteiger partial charge is 0.139 e. The monoisotopic (exact) mass is 316 g/mol. The maximum absolute atomic E-state index is 12.5. The molecular weight excluding hydrogens is 284 g/mol. The van der Waals surface area contributed by atoms with Crippen LogP contribution < -0.4 is 0 Å². The van der Waals surface area contributed by atoms with Crippen LogP contribution in [0, 0.1) is 34.5 Å². The number of allylic oxidation sites excluding steroid dienone is 1. The minimum atomic E-state index is -0.161. The Bertz CT molecular complexity index is 576. The van der Waals surface area contributed by atoms with Gasteiger partial charge >= 0.3 is 0 Å². The second-order valence-electron chi connectivity index (χ2n) is 9.63. The minimum Gasteiger partial charge on any atom is -0.393 e. The van der Waals surface area contributed by atoms with Crippen molar-refractivity contribution >= 4 is 5.78 Å². The molecular formula is C21H32O2. The quantitative estimate of drug-likeness (QED) is 0.667. The highest BCUT2D eigenvalue weighted by Crippen LogP contribution is 2.65. The molecule has 4 rings (SSSR count). The van der Waals surface area contributed by atoms with E-state index in [1.807, 2.05) is 0 Å². The van der Waals surface area contributed by atoms with Crippen LogP contribution in [-0.4, -0.2) is 17.0 Å². The third-order valence-corrected chi connectivity index (χ3v) is 8.53. The Hall–Kier alpha value is -0.630. The molecule has 0 bridgehead atoms. The van der Waals surface area contributed by atoms with Crippen LogP contribution in [0.15, 0.2) is 11.1 Å². The van der Waals surface area contributed by atoms with E-state index in [2.05, 4.69) is 27.7 Å². The Balaban J connectivity index is 1.75. The first-order valence-corrected chi connectivity index (χ1v) is 9.68. The second kappa shape index (κ2) is 4.94. The molecule has 0 heterocycles. The van der Waals surface area contributed by atoms with E-state index in [1.54, 1.807) is 5.57 Å². The summed E-state index contributed by atoms with van der Waals surface area (Å²) in [6.07, 6.45) is 7.25. The minimum absolute atomic E-state index is 0.0326. The highest BCUT2D eigenvalue weighted by atomic mass is 16.3. The molecule has 3 fully saturated rings. The molecule has 0 unspecified atom stereocenters. The van der Waals surface area contributed by atoms with Gasteiger partial charge in [-0.3, -0.25) is 4.79 Å². The average Bonchev–Trinajstić information content (AvgIpc) is 2.78. The van der Waals surface area contributed by atoms with Gasteiger partial charge in [-0.25, -0.2) is 0 Å². The second-order valence-corrected chi connectivity index (χ2v) is 9.63. The first-order chi connectivity index (χ1) is 10.8. The molecule has 0 aromatic heterocycles. The van der Waals surface area contributed by atoms with Gasteiger partial charge < -0.3 is 5.11 Å². The summed E-state index contributed by atoms with van der Waals surface area (Å²) < 4.78 is 0. The van der Waals surface area contributed by atoms with Crippen LogP contribution in [0.1, 0.15) is 72.6 Å². The molecule has 4 aliphatic carbocycles. The number of rotatable bonds is 0. The Kier molecular flexibility index (Phi) is 3.41. The number of carbonyl (C=O) groups excluding carboxylic acids is 1. The number of aliphatic hydroxyl groups excluding tert-OH is 1. The van der Waals surface area contributed by atoms with Gasteiger partial charge in [0.2, 0.25) is 0 Å². The van der Waals surface area contributed by atoms with Crippen molar-refractivity contribution in [1.82, 2.24) is 0 Å². The number of aliphatic hydroxyl groups is 1. The largest absolute Gasteiger partial charge is 0.393 e. The van der Waals surface area contributed by atoms with Crippen molar-refractivity contribution in [1.29, 1.82) is 0 Å². The van der Waals surface area contributed by atoms with Crippen molar-refractivity contribution in [2.75, 3.05) is 0 Å². The lowest BCUT2D eigenvalue weighted by molar-refractivity contribution is -0.132. The van der Waals surface area contributed by atoms with Gasteiger partial charge in [0, 0.05) is 11.8 Å². The average molecular weight is 316 g/mol. The SMILES string of the molecule is CC1=C2C[C@@H](O)[C@H](C)C[C@]2(C)[C@H]2CC[C@]3(C)C(=O)CC[C@H]3[C@@H]2C1. The lowest BCUT2D eigenvalue weighted by Gasteiger charge is -2.58. The van der Waals surface area contributed by atoms with Gasteiger partial charge in [-0.1, -0.05) is 31.9 Å². The maximum Gasteiger partial charge on any atom is 0.139 e. The van der Waals surface area contributed by atoms with Crippen molar-refractivity contribution in [3.8, 4) is 0 Å². The number of hydrogen-bond donors (Lipinski definition) is 1. The molecule has 7 atom stereocenters. The van der Waals surface area contributed by atoms with Crippen LogP contribution in [0.5, 0.6) is 0 Å². The van der Waals surface area contributed by atoms with Crippen LogP contribution >= 0.6 is 0 Å². The van der Waals surface area contributed by atoms with E-state index in [0.29, 0.717) is 23.5 Å². The predicted molar refractivity (Wildman–Crippen MR) is 91.9 cm³/mol. The fraction of sp³-hybridized carbons (Fsp3) is 0.857. The third kappa shape index (κ3) is 2.00. The Morgan fingerprint density at radius 2 is 1.78 bits per heavy atom. The van der Waals surface area contributed by atoms with Gasteiger partial charge in [-0.2, -0.15) is 0 Å². The van der Waals surface area contributed by atoms with Crippen molar-refractivity contribution in [2.24, 2.45) is 34.5 Å². The Morgan fingerprint density at radius 1 is 1.09 bits per heavy atom. The van der Waals surface area contributed by atoms with Crippen LogP contribution in [0.3, 0.4) is 0 Å². The molecule has 23 heavy (non-hydrogen) atoms. The summed E-state index contributed by atoms with van der Waals surface area (Å²) in [5.74, 6) is 2.94. The van der Waals surface area contributed by atoms with Crippen LogP contribution in [-0.2, 0) is 4.79 Å². The van der Waals surface area contributed by atoms with Gasteiger partial charge in [-0.15, -0.1) is 0 Å². The number of carbonyl (C=O) groups is 1. The fourth-order valence-electron chi connectivity index (χ4n) is 7.22. The highest BCUT2D eigenvalue weighted by molar-refractivity contribution is 5.87. The molecule has 0 amide bonds. The summed E-state index contributed by atoms with van der Waals surface area (Å²) in [7, 11) is 0. The van der Waals surface area contributed by atoms with Crippen molar-refractivity contribution in [3.05, 3.63) is 11.1 Å². The van der Waals surface area contributed by atoms with Crippen molar-refractivity contribution < 1.29 is 9.90 Å². The fourth-order valence-corrected chi connectivity index (χ4v) is 7.22. The van der Waals surface area contributed by atoms with E-state index < -0.39 is 0 Å². The number of hydrogen-bond acceptors (Lipinski definition) is 2. The van der Waals surface area contributed by atoms with E-state index in [1.165, 1.54) is 18.4 Å². The van der Waals surface area contributed by atoms with E-state index in [4.69, 9.17) is 0 Å². The van der Waals surface area contributed by atoms with Gasteiger partial charge in [0.1, 0.15) is 5.78 Å². The molecule has 0 saturated heterocycles. The molecule has 128 valence electrons. The zero-order valence-corrected chi connectivity index (χ0v) is 15.2. The highest BCUT2D eigenvalue weighted by Gasteiger charge is 2.59. The Morgan fingerprint density at radius 3 is 2.52 bits per heavy atom. The Labute approximate surface area is 140 Å². The maximum atomic E-state index is 12.5. The number of ketones is 1. The third-order valence-electron chi connectivity index (χ3n) is 8.53. The summed E-state index contributed by atoms with van der Waals surface area (Å²) in [6.45, 7) is 9.25. The van der Waals surface area contributed by atoms with Crippen LogP contribution in [0.4, 0.5) is 0 Å². The normalized spacial score (nSPS) is 52.9. The zero-order valence-electron chi connectivity index (χ0n) is 15.2.